The van der Waals surface area contributed by atoms with Crippen LogP contribution < -0.4 is 10.6 Å². The number of carboxylic acid groups (broad SMARTS) is 2. The van der Waals surface area contributed by atoms with E-state index in [1.807, 2.05) is 13.8 Å². The van der Waals surface area contributed by atoms with Gasteiger partial charge < -0.3 is 30.0 Å². The lowest BCUT2D eigenvalue weighted by Gasteiger charge is -2.23. The van der Waals surface area contributed by atoms with Crippen molar-refractivity contribution in [1.29, 1.82) is 0 Å². The molecule has 6 heterocycles. The van der Waals surface area contributed by atoms with Gasteiger partial charge in [0, 0.05) is 23.9 Å². The molecule has 36 heavy (non-hydrogen) atoms. The first-order valence-electron chi connectivity index (χ1n) is 11.2. The van der Waals surface area contributed by atoms with Crippen LogP contribution in [0.15, 0.2) is 36.4 Å². The van der Waals surface area contributed by atoms with Gasteiger partial charge in [0.15, 0.2) is 11.4 Å². The third kappa shape index (κ3) is 3.72. The molecule has 0 saturated heterocycles. The largest absolute Gasteiger partial charge is 0.477 e. The highest BCUT2D eigenvalue weighted by Crippen LogP contribution is 2.26. The van der Waals surface area contributed by atoms with Crippen molar-refractivity contribution in [2.45, 2.75) is 25.9 Å². The van der Waals surface area contributed by atoms with Crippen molar-refractivity contribution in [2.24, 2.45) is 0 Å². The number of aromatic carboxylic acids is 2. The Bertz CT molecular complexity index is 1470. The lowest BCUT2D eigenvalue weighted by atomic mass is 10.2. The van der Waals surface area contributed by atoms with Crippen LogP contribution in [0, 0.1) is 0 Å². The Kier molecular flexibility index (Phi) is 5.43. The van der Waals surface area contributed by atoms with Gasteiger partial charge in [-0.3, -0.25) is 9.59 Å². The highest BCUT2D eigenvalue weighted by Gasteiger charge is 2.26. The van der Waals surface area contributed by atoms with Crippen LogP contribution in [-0.2, 0) is 0 Å². The first-order chi connectivity index (χ1) is 17.2. The zero-order valence-electron chi connectivity index (χ0n) is 19.3. The molecule has 12 heteroatoms. The summed E-state index contributed by atoms with van der Waals surface area (Å²) in [4.78, 5) is 53.6. The minimum absolute atomic E-state index is 0.0124. The van der Waals surface area contributed by atoms with Crippen molar-refractivity contribution in [3.63, 3.8) is 0 Å². The van der Waals surface area contributed by atoms with Gasteiger partial charge in [-0.25, -0.2) is 19.6 Å². The molecule has 0 fully saturated rings. The minimum Gasteiger partial charge on any atom is -0.477 e. The van der Waals surface area contributed by atoms with Crippen molar-refractivity contribution in [2.75, 3.05) is 13.1 Å². The van der Waals surface area contributed by atoms with Gasteiger partial charge in [-0.15, -0.1) is 0 Å². The Balaban J connectivity index is 0.000000148. The van der Waals surface area contributed by atoms with E-state index in [-0.39, 0.29) is 35.3 Å². The third-order valence-electron chi connectivity index (χ3n) is 6.27. The van der Waals surface area contributed by atoms with E-state index in [1.165, 1.54) is 12.1 Å². The Hall–Kier alpha value is -4.74. The smallest absolute Gasteiger partial charge is 0.354 e. The first kappa shape index (κ1) is 23.0. The van der Waals surface area contributed by atoms with E-state index in [2.05, 4.69) is 20.6 Å². The lowest BCUT2D eigenvalue weighted by molar-refractivity contribution is 0.0680. The summed E-state index contributed by atoms with van der Waals surface area (Å²) in [5.74, 6) is -2.44. The number of carboxylic acids is 2. The minimum atomic E-state index is -1.07. The van der Waals surface area contributed by atoms with Crippen molar-refractivity contribution in [3.05, 3.63) is 59.2 Å². The van der Waals surface area contributed by atoms with E-state index in [1.54, 1.807) is 33.4 Å². The monoisotopic (exact) mass is 490 g/mol. The molecule has 2 unspecified atom stereocenters. The molecule has 0 saturated carbocycles. The highest BCUT2D eigenvalue weighted by atomic mass is 16.4. The Labute approximate surface area is 203 Å². The summed E-state index contributed by atoms with van der Waals surface area (Å²) >= 11 is 0. The predicted octanol–water partition coefficient (Wildman–Crippen LogP) is 2.08. The van der Waals surface area contributed by atoms with Gasteiger partial charge in [0.05, 0.1) is 12.1 Å². The molecule has 4 aromatic rings. The van der Waals surface area contributed by atoms with E-state index < -0.39 is 11.9 Å². The fraction of sp³-hybridized carbons (Fsp3) is 0.250. The summed E-state index contributed by atoms with van der Waals surface area (Å²) in [5.41, 5.74) is 2.13. The molecular weight excluding hydrogens is 468 g/mol. The normalized spacial score (nSPS) is 18.5. The SMILES string of the molecule is CC1CNC(=O)c2cc3ccc(C(=O)O)nc3n21.CC1CNC(=O)c2cc3ccc(C(=O)O)nc3n21. The number of hydrogen-bond acceptors (Lipinski definition) is 6. The predicted molar refractivity (Wildman–Crippen MR) is 127 cm³/mol. The van der Waals surface area contributed by atoms with Crippen LogP contribution in [0.3, 0.4) is 0 Å². The van der Waals surface area contributed by atoms with E-state index in [4.69, 9.17) is 10.2 Å². The number of carbonyl (C=O) groups excluding carboxylic acids is 2. The second kappa shape index (κ2) is 8.48. The summed E-state index contributed by atoms with van der Waals surface area (Å²) < 4.78 is 3.58. The van der Waals surface area contributed by atoms with Crippen LogP contribution in [0.5, 0.6) is 0 Å². The van der Waals surface area contributed by atoms with Gasteiger partial charge in [-0.2, -0.15) is 0 Å². The van der Waals surface area contributed by atoms with E-state index >= 15 is 0 Å². The van der Waals surface area contributed by atoms with Crippen molar-refractivity contribution in [1.82, 2.24) is 29.7 Å². The maximum atomic E-state index is 11.7. The number of rotatable bonds is 2. The quantitative estimate of drug-likeness (QED) is 0.331. The number of pyridine rings is 2. The fourth-order valence-electron chi connectivity index (χ4n) is 4.52. The molecule has 2 atom stereocenters. The summed E-state index contributed by atoms with van der Waals surface area (Å²) in [6.45, 7) is 4.96. The maximum Gasteiger partial charge on any atom is 0.354 e. The molecular formula is C24H22N6O6. The lowest BCUT2D eigenvalue weighted by Crippen LogP contribution is -2.37. The van der Waals surface area contributed by atoms with E-state index in [0.29, 0.717) is 35.8 Å². The van der Waals surface area contributed by atoms with Crippen LogP contribution in [0.4, 0.5) is 0 Å². The highest BCUT2D eigenvalue weighted by molar-refractivity contribution is 6.00. The number of amides is 2. The molecule has 0 aromatic carbocycles. The molecule has 0 radical (unpaired) electrons. The fourth-order valence-corrected chi connectivity index (χ4v) is 4.52. The van der Waals surface area contributed by atoms with Gasteiger partial charge in [-0.1, -0.05) is 0 Å². The molecule has 184 valence electrons. The van der Waals surface area contributed by atoms with Gasteiger partial charge in [0.25, 0.3) is 11.8 Å². The third-order valence-corrected chi connectivity index (χ3v) is 6.27. The first-order valence-corrected chi connectivity index (χ1v) is 11.2. The second-order valence-electron chi connectivity index (χ2n) is 8.75. The molecule has 12 nitrogen and oxygen atoms in total. The van der Waals surface area contributed by atoms with Gasteiger partial charge in [0.2, 0.25) is 0 Å². The van der Waals surface area contributed by atoms with Crippen LogP contribution in [-0.4, -0.2) is 66.2 Å². The van der Waals surface area contributed by atoms with Gasteiger partial charge in [-0.05, 0) is 50.2 Å². The van der Waals surface area contributed by atoms with Crippen molar-refractivity contribution >= 4 is 45.8 Å². The standard InChI is InChI=1S/2C12H11N3O3/c2*1-6-5-13-11(16)9-4-7-2-3-8(12(17)18)14-10(7)15(6)9/h2*2-4,6H,5H2,1H3,(H,13,16)(H,17,18). The molecule has 0 bridgehead atoms. The number of nitrogens with one attached hydrogen (secondary N) is 2. The Morgan fingerprint density at radius 1 is 0.778 bits per heavy atom. The number of carbonyl (C=O) groups is 4. The van der Waals surface area contributed by atoms with Crippen molar-refractivity contribution in [3.8, 4) is 0 Å². The molecule has 0 aliphatic carbocycles. The number of nitrogens with zero attached hydrogens (tertiary/aromatic N) is 4. The maximum absolute atomic E-state index is 11.7. The second-order valence-corrected chi connectivity index (χ2v) is 8.75. The summed E-state index contributed by atoms with van der Waals surface area (Å²) in [6.07, 6.45) is 0. The average Bonchev–Trinajstić information content (AvgIpc) is 3.44. The zero-order valence-corrected chi connectivity index (χ0v) is 19.3. The topological polar surface area (TPSA) is 168 Å². The average molecular weight is 490 g/mol. The number of hydrogen-bond donors (Lipinski definition) is 4. The summed E-state index contributed by atoms with van der Waals surface area (Å²) in [7, 11) is 0. The molecule has 4 N–H and O–H groups in total. The molecule has 2 aliphatic heterocycles. The molecule has 6 rings (SSSR count). The van der Waals surface area contributed by atoms with Crippen molar-refractivity contribution < 1.29 is 29.4 Å². The van der Waals surface area contributed by atoms with E-state index in [0.717, 1.165) is 10.8 Å². The molecule has 2 aliphatic rings. The van der Waals surface area contributed by atoms with E-state index in [9.17, 15) is 19.2 Å². The van der Waals surface area contributed by atoms with Crippen LogP contribution in [0.2, 0.25) is 0 Å². The molecule has 4 aromatic heterocycles. The number of fused-ring (bicyclic) bond motifs is 6. The Morgan fingerprint density at radius 2 is 1.17 bits per heavy atom. The Morgan fingerprint density at radius 3 is 1.53 bits per heavy atom. The van der Waals surface area contributed by atoms with Crippen LogP contribution in [0.1, 0.15) is 67.9 Å². The molecule has 2 amide bonds. The molecule has 0 spiro atoms. The van der Waals surface area contributed by atoms with Gasteiger partial charge >= 0.3 is 11.9 Å². The van der Waals surface area contributed by atoms with Crippen LogP contribution in [0.25, 0.3) is 22.1 Å². The van der Waals surface area contributed by atoms with Crippen LogP contribution >= 0.6 is 0 Å². The zero-order chi connectivity index (χ0) is 25.7. The van der Waals surface area contributed by atoms with Gasteiger partial charge in [0.1, 0.15) is 22.7 Å². The number of aromatic nitrogens is 4. The summed E-state index contributed by atoms with van der Waals surface area (Å²) in [6, 6.07) is 9.84. The summed E-state index contributed by atoms with van der Waals surface area (Å²) in [5, 5.41) is 25.0.